The van der Waals surface area contributed by atoms with Gasteiger partial charge in [-0.3, -0.25) is 14.1 Å². The Morgan fingerprint density at radius 2 is 1.47 bits per heavy atom. The lowest BCUT2D eigenvalue weighted by molar-refractivity contribution is 0.0980. The van der Waals surface area contributed by atoms with Crippen molar-refractivity contribution >= 4 is 33.1 Å². The molecule has 202 valence electrons. The Kier molecular flexibility index (Phi) is 7.73. The summed E-state index contributed by atoms with van der Waals surface area (Å²) in [6.45, 7) is 2.84. The second kappa shape index (κ2) is 10.7. The van der Waals surface area contributed by atoms with Crippen LogP contribution in [0.15, 0.2) is 59.5 Å². The van der Waals surface area contributed by atoms with Crippen LogP contribution in [0.1, 0.15) is 77.5 Å². The molecule has 0 bridgehead atoms. The van der Waals surface area contributed by atoms with Crippen molar-refractivity contribution in [3.05, 3.63) is 88.0 Å². The number of carbonyl (C=O) groups is 2. The predicted molar refractivity (Wildman–Crippen MR) is 151 cm³/mol. The molecule has 1 saturated carbocycles. The average Bonchev–Trinajstić information content (AvgIpc) is 2.88. The number of rotatable bonds is 6. The fraction of sp³-hybridized carbons (Fsp3) is 0.310. The van der Waals surface area contributed by atoms with Gasteiger partial charge in [-0.25, -0.2) is 0 Å². The number of nitrogens with two attached hydrogens (primary N) is 1. The number of ketones is 2. The van der Waals surface area contributed by atoms with Gasteiger partial charge in [0.25, 0.3) is 10.1 Å². The highest BCUT2D eigenvalue weighted by atomic mass is 32.2. The number of benzene rings is 3. The standard InChI is InChI=1S/C28H29N3O5S.CH4.H2/c1-16-6-8-17(9-7-16)15-30-18-10-12-19(13-11-18)31-22-14-23(37(34,35)36)26(29)25-24(22)27(32)20-4-2-3-5-21(20)28(25)33;;/h2-9,14,18-19,30-31H,10-13,15,29H2,1H3,(H,34,35,36);1H4;1H. The zero-order valence-corrected chi connectivity index (χ0v) is 21.3. The van der Waals surface area contributed by atoms with Gasteiger partial charge in [0, 0.05) is 36.9 Å². The number of carbonyl (C=O) groups excluding carboxylic acids is 2. The molecular weight excluding hydrogens is 502 g/mol. The number of aryl methyl sites for hydroxylation is 1. The number of fused-ring (bicyclic) bond motifs is 2. The van der Waals surface area contributed by atoms with E-state index in [1.807, 2.05) is 0 Å². The quantitative estimate of drug-likeness (QED) is 0.199. The first-order chi connectivity index (χ1) is 17.6. The molecule has 38 heavy (non-hydrogen) atoms. The normalized spacial score (nSPS) is 18.8. The lowest BCUT2D eigenvalue weighted by Crippen LogP contribution is -2.37. The van der Waals surface area contributed by atoms with Gasteiger partial charge in [0.1, 0.15) is 4.90 Å². The van der Waals surface area contributed by atoms with E-state index in [9.17, 15) is 22.6 Å². The van der Waals surface area contributed by atoms with Gasteiger partial charge in [0.05, 0.1) is 16.8 Å². The molecule has 0 saturated heterocycles. The van der Waals surface area contributed by atoms with Crippen LogP contribution in [0.3, 0.4) is 0 Å². The molecule has 5 rings (SSSR count). The Morgan fingerprint density at radius 1 is 0.921 bits per heavy atom. The van der Waals surface area contributed by atoms with Crippen LogP contribution in [-0.2, 0) is 16.7 Å². The molecule has 0 heterocycles. The third kappa shape index (κ3) is 5.22. The van der Waals surface area contributed by atoms with Crippen LogP contribution in [0.25, 0.3) is 0 Å². The summed E-state index contributed by atoms with van der Waals surface area (Å²) < 4.78 is 34.0. The van der Waals surface area contributed by atoms with E-state index in [1.54, 1.807) is 18.2 Å². The monoisotopic (exact) mass is 537 g/mol. The highest BCUT2D eigenvalue weighted by Gasteiger charge is 2.37. The van der Waals surface area contributed by atoms with E-state index in [0.717, 1.165) is 32.2 Å². The average molecular weight is 538 g/mol. The zero-order valence-electron chi connectivity index (χ0n) is 20.5. The maximum Gasteiger partial charge on any atom is 0.296 e. The molecule has 9 heteroatoms. The molecule has 3 aromatic carbocycles. The van der Waals surface area contributed by atoms with Crippen molar-refractivity contribution in [1.82, 2.24) is 5.32 Å². The topological polar surface area (TPSA) is 139 Å². The molecule has 0 aliphatic heterocycles. The second-order valence-corrected chi connectivity index (χ2v) is 11.2. The molecule has 2 aliphatic rings. The van der Waals surface area contributed by atoms with E-state index < -0.39 is 32.3 Å². The molecule has 0 atom stereocenters. The highest BCUT2D eigenvalue weighted by Crippen LogP contribution is 2.40. The smallest absolute Gasteiger partial charge is 0.296 e. The van der Waals surface area contributed by atoms with E-state index >= 15 is 0 Å². The summed E-state index contributed by atoms with van der Waals surface area (Å²) in [5, 5.41) is 6.90. The number of nitrogens with one attached hydrogen (secondary N) is 2. The highest BCUT2D eigenvalue weighted by molar-refractivity contribution is 7.86. The molecule has 0 amide bonds. The van der Waals surface area contributed by atoms with Crippen LogP contribution >= 0.6 is 0 Å². The lowest BCUT2D eigenvalue weighted by atomic mass is 9.82. The minimum Gasteiger partial charge on any atom is -0.397 e. The van der Waals surface area contributed by atoms with Crippen LogP contribution in [0.2, 0.25) is 0 Å². The SMILES string of the molecule is C.Cc1ccc(CNC2CCC(Nc3cc(S(=O)(=O)O)c(N)c4c3C(=O)c3ccccc3C4=O)CC2)cc1.[HH]. The van der Waals surface area contributed by atoms with E-state index in [0.29, 0.717) is 6.04 Å². The van der Waals surface area contributed by atoms with Crippen LogP contribution in [0.5, 0.6) is 0 Å². The lowest BCUT2D eigenvalue weighted by Gasteiger charge is -2.32. The Labute approximate surface area is 224 Å². The molecule has 0 unspecified atom stereocenters. The fourth-order valence-electron chi connectivity index (χ4n) is 5.25. The molecule has 8 nitrogen and oxygen atoms in total. The molecule has 1 fully saturated rings. The maximum atomic E-state index is 13.5. The first-order valence-corrected chi connectivity index (χ1v) is 13.8. The van der Waals surface area contributed by atoms with Gasteiger partial charge >= 0.3 is 0 Å². The summed E-state index contributed by atoms with van der Waals surface area (Å²) in [4.78, 5) is 26.2. The predicted octanol–water partition coefficient (Wildman–Crippen LogP) is 4.99. The largest absolute Gasteiger partial charge is 0.397 e. The number of nitrogen functional groups attached to an aromatic ring is 1. The fourth-order valence-corrected chi connectivity index (χ4v) is 5.90. The van der Waals surface area contributed by atoms with Crippen molar-refractivity contribution in [3.63, 3.8) is 0 Å². The number of anilines is 2. The van der Waals surface area contributed by atoms with Crippen LogP contribution in [0.4, 0.5) is 11.4 Å². The zero-order chi connectivity index (χ0) is 26.3. The molecule has 0 spiro atoms. The Morgan fingerprint density at radius 3 is 2.05 bits per heavy atom. The molecule has 3 aromatic rings. The van der Waals surface area contributed by atoms with E-state index in [-0.39, 0.29) is 42.8 Å². The summed E-state index contributed by atoms with van der Waals surface area (Å²) in [6, 6.07) is 16.3. The van der Waals surface area contributed by atoms with Crippen molar-refractivity contribution in [2.75, 3.05) is 11.1 Å². The third-order valence-electron chi connectivity index (χ3n) is 7.28. The summed E-state index contributed by atoms with van der Waals surface area (Å²) in [7, 11) is -4.73. The molecular formula is C29H35N3O5S. The van der Waals surface area contributed by atoms with Gasteiger partial charge in [-0.15, -0.1) is 0 Å². The van der Waals surface area contributed by atoms with Crippen LogP contribution in [-0.4, -0.2) is 36.6 Å². The van der Waals surface area contributed by atoms with E-state index in [4.69, 9.17) is 5.73 Å². The number of hydrogen-bond acceptors (Lipinski definition) is 7. The van der Waals surface area contributed by atoms with Crippen molar-refractivity contribution in [2.45, 2.75) is 63.6 Å². The van der Waals surface area contributed by atoms with Gasteiger partial charge in [0.15, 0.2) is 11.6 Å². The summed E-state index contributed by atoms with van der Waals surface area (Å²) in [5.41, 5.74) is 8.55. The molecule has 0 radical (unpaired) electrons. The summed E-state index contributed by atoms with van der Waals surface area (Å²) in [6.07, 6.45) is 3.35. The van der Waals surface area contributed by atoms with E-state index in [1.165, 1.54) is 23.3 Å². The maximum absolute atomic E-state index is 13.5. The van der Waals surface area contributed by atoms with Gasteiger partial charge in [0.2, 0.25) is 0 Å². The Hall–Kier alpha value is -3.53. The van der Waals surface area contributed by atoms with Gasteiger partial charge in [-0.05, 0) is 44.2 Å². The van der Waals surface area contributed by atoms with Crippen LogP contribution < -0.4 is 16.4 Å². The minimum atomic E-state index is -4.73. The van der Waals surface area contributed by atoms with Gasteiger partial charge in [-0.2, -0.15) is 8.42 Å². The summed E-state index contributed by atoms with van der Waals surface area (Å²) in [5.74, 6) is -0.949. The molecule has 2 aliphatic carbocycles. The van der Waals surface area contributed by atoms with Gasteiger partial charge < -0.3 is 16.4 Å². The summed E-state index contributed by atoms with van der Waals surface area (Å²) >= 11 is 0. The molecule has 5 N–H and O–H groups in total. The first kappa shape index (κ1) is 27.5. The Balaban J connectivity index is 0.00000210. The Bertz CT molecular complexity index is 1500. The van der Waals surface area contributed by atoms with Crippen molar-refractivity contribution in [1.29, 1.82) is 0 Å². The third-order valence-corrected chi connectivity index (χ3v) is 8.17. The molecule has 0 aromatic heterocycles. The van der Waals surface area contributed by atoms with Gasteiger partial charge in [-0.1, -0.05) is 61.5 Å². The van der Waals surface area contributed by atoms with Crippen molar-refractivity contribution in [3.8, 4) is 0 Å². The van der Waals surface area contributed by atoms with Crippen LogP contribution in [0, 0.1) is 6.92 Å². The van der Waals surface area contributed by atoms with Crippen molar-refractivity contribution < 1.29 is 24.0 Å². The number of hydrogen-bond donors (Lipinski definition) is 4. The van der Waals surface area contributed by atoms with E-state index in [2.05, 4.69) is 41.8 Å². The van der Waals surface area contributed by atoms with Crippen molar-refractivity contribution in [2.24, 2.45) is 0 Å². The minimum absolute atomic E-state index is 0. The first-order valence-electron chi connectivity index (χ1n) is 12.3. The second-order valence-electron chi connectivity index (χ2n) is 9.82.